The van der Waals surface area contributed by atoms with E-state index in [-0.39, 0.29) is 11.8 Å². The predicted molar refractivity (Wildman–Crippen MR) is 78.8 cm³/mol. The molecule has 0 saturated carbocycles. The summed E-state index contributed by atoms with van der Waals surface area (Å²) in [5.41, 5.74) is 1.52. The van der Waals surface area contributed by atoms with Crippen LogP contribution in [0, 0.1) is 12.8 Å². The Morgan fingerprint density at radius 3 is 2.95 bits per heavy atom. The molecule has 0 aromatic carbocycles. The zero-order chi connectivity index (χ0) is 14.7. The lowest BCUT2D eigenvalue weighted by atomic mass is 10.0. The first kappa shape index (κ1) is 14.9. The number of hydrogen-bond acceptors (Lipinski definition) is 4. The summed E-state index contributed by atoms with van der Waals surface area (Å²) in [7, 11) is 1.95. The highest BCUT2D eigenvalue weighted by Gasteiger charge is 2.28. The fraction of sp³-hybridized carbons (Fsp3) is 0.667. The molecule has 1 aromatic rings. The van der Waals surface area contributed by atoms with Crippen molar-refractivity contribution >= 4 is 5.91 Å². The number of nitrogens with zero attached hydrogens (tertiary/aromatic N) is 3. The third kappa shape index (κ3) is 3.15. The van der Waals surface area contributed by atoms with E-state index in [2.05, 4.69) is 29.1 Å². The Morgan fingerprint density at radius 2 is 2.30 bits per heavy atom. The molecule has 1 N–H and O–H groups in total. The first-order valence-corrected chi connectivity index (χ1v) is 7.30. The van der Waals surface area contributed by atoms with E-state index in [1.165, 1.54) is 0 Å². The van der Waals surface area contributed by atoms with Crippen molar-refractivity contribution in [1.82, 2.24) is 20.2 Å². The fourth-order valence-corrected chi connectivity index (χ4v) is 2.74. The van der Waals surface area contributed by atoms with E-state index >= 15 is 0 Å². The van der Waals surface area contributed by atoms with Crippen LogP contribution >= 0.6 is 0 Å². The quantitative estimate of drug-likeness (QED) is 0.907. The molecule has 1 saturated heterocycles. The minimum Gasteiger partial charge on any atom is -0.338 e. The third-order valence-corrected chi connectivity index (χ3v) is 3.78. The van der Waals surface area contributed by atoms with Crippen LogP contribution in [0.1, 0.15) is 48.1 Å². The lowest BCUT2D eigenvalue weighted by Crippen LogP contribution is -2.31. The van der Waals surface area contributed by atoms with Crippen LogP contribution < -0.4 is 5.32 Å². The van der Waals surface area contributed by atoms with Crippen molar-refractivity contribution in [3.63, 3.8) is 0 Å². The van der Waals surface area contributed by atoms with Crippen LogP contribution in [0.3, 0.4) is 0 Å². The van der Waals surface area contributed by atoms with E-state index in [1.54, 1.807) is 6.20 Å². The van der Waals surface area contributed by atoms with Crippen molar-refractivity contribution in [2.24, 2.45) is 5.92 Å². The minimum absolute atomic E-state index is 0.0762. The number of carbonyl (C=O) groups excluding carboxylic acids is 1. The highest BCUT2D eigenvalue weighted by molar-refractivity contribution is 5.95. The van der Waals surface area contributed by atoms with Crippen molar-refractivity contribution in [2.45, 2.75) is 33.1 Å². The minimum atomic E-state index is 0.0762. The Bertz CT molecular complexity index is 487. The van der Waals surface area contributed by atoms with Crippen molar-refractivity contribution in [3.8, 4) is 0 Å². The van der Waals surface area contributed by atoms with Gasteiger partial charge in [-0.2, -0.15) is 0 Å². The molecule has 5 nitrogen and oxygen atoms in total. The second-order valence-electron chi connectivity index (χ2n) is 5.83. The van der Waals surface area contributed by atoms with Gasteiger partial charge in [0.25, 0.3) is 5.91 Å². The van der Waals surface area contributed by atoms with Gasteiger partial charge >= 0.3 is 0 Å². The molecule has 110 valence electrons. The second kappa shape index (κ2) is 6.31. The number of likely N-dealkylation sites (tertiary alicyclic amines) is 1. The number of rotatable bonds is 4. The van der Waals surface area contributed by atoms with Crippen LogP contribution in [0.2, 0.25) is 0 Å². The number of aromatic nitrogens is 2. The van der Waals surface area contributed by atoms with Gasteiger partial charge in [-0.3, -0.25) is 4.79 Å². The van der Waals surface area contributed by atoms with Gasteiger partial charge in [0.05, 0.1) is 11.3 Å². The smallest absolute Gasteiger partial charge is 0.257 e. The van der Waals surface area contributed by atoms with Gasteiger partial charge in [0.15, 0.2) is 0 Å². The largest absolute Gasteiger partial charge is 0.338 e. The predicted octanol–water partition coefficient (Wildman–Crippen LogP) is 1.59. The van der Waals surface area contributed by atoms with E-state index in [9.17, 15) is 4.79 Å². The molecule has 0 spiro atoms. The lowest BCUT2D eigenvalue weighted by Gasteiger charge is -2.19. The summed E-state index contributed by atoms with van der Waals surface area (Å²) in [5.74, 6) is 1.58. The van der Waals surface area contributed by atoms with Crippen molar-refractivity contribution in [1.29, 1.82) is 0 Å². The van der Waals surface area contributed by atoms with Gasteiger partial charge < -0.3 is 10.2 Å². The number of amides is 1. The van der Waals surface area contributed by atoms with E-state index in [0.29, 0.717) is 11.5 Å². The molecule has 1 unspecified atom stereocenters. The average Bonchev–Trinajstić information content (AvgIpc) is 2.87. The van der Waals surface area contributed by atoms with Gasteiger partial charge in [0, 0.05) is 19.3 Å². The van der Waals surface area contributed by atoms with Gasteiger partial charge in [-0.05, 0) is 38.8 Å². The molecule has 20 heavy (non-hydrogen) atoms. The summed E-state index contributed by atoms with van der Waals surface area (Å²) in [6.45, 7) is 8.60. The maximum atomic E-state index is 12.7. The molecule has 1 amide bonds. The molecule has 2 heterocycles. The second-order valence-corrected chi connectivity index (χ2v) is 5.83. The summed E-state index contributed by atoms with van der Waals surface area (Å²) >= 11 is 0. The third-order valence-electron chi connectivity index (χ3n) is 3.78. The monoisotopic (exact) mass is 276 g/mol. The molecule has 2 rings (SSSR count). The standard InChI is InChI=1S/C15H24N4O/c1-10(2)14-13(8-17-11(3)18-14)15(20)19-6-5-12(9-19)7-16-4/h8,10,12,16H,5-7,9H2,1-4H3. The van der Waals surface area contributed by atoms with Crippen molar-refractivity contribution < 1.29 is 4.79 Å². The van der Waals surface area contributed by atoms with Crippen LogP contribution in [0.5, 0.6) is 0 Å². The van der Waals surface area contributed by atoms with Gasteiger partial charge in [-0.15, -0.1) is 0 Å². The summed E-state index contributed by atoms with van der Waals surface area (Å²) in [5, 5.41) is 3.18. The van der Waals surface area contributed by atoms with E-state index in [0.717, 1.165) is 37.6 Å². The van der Waals surface area contributed by atoms with Crippen LogP contribution in [-0.2, 0) is 0 Å². The number of hydrogen-bond donors (Lipinski definition) is 1. The molecule has 0 radical (unpaired) electrons. The van der Waals surface area contributed by atoms with Crippen LogP contribution in [0.25, 0.3) is 0 Å². The first-order valence-electron chi connectivity index (χ1n) is 7.30. The summed E-state index contributed by atoms with van der Waals surface area (Å²) < 4.78 is 0. The Kier molecular flexibility index (Phi) is 4.70. The SMILES string of the molecule is CNCC1CCN(C(=O)c2cnc(C)nc2C(C)C)C1. The van der Waals surface area contributed by atoms with Gasteiger partial charge in [0.1, 0.15) is 5.82 Å². The fourth-order valence-electron chi connectivity index (χ4n) is 2.74. The van der Waals surface area contributed by atoms with Crippen molar-refractivity contribution in [3.05, 3.63) is 23.3 Å². The normalized spacial score (nSPS) is 18.9. The molecule has 5 heteroatoms. The van der Waals surface area contributed by atoms with E-state index < -0.39 is 0 Å². The summed E-state index contributed by atoms with van der Waals surface area (Å²) in [6, 6.07) is 0. The zero-order valence-electron chi connectivity index (χ0n) is 12.8. The number of aryl methyl sites for hydroxylation is 1. The van der Waals surface area contributed by atoms with Gasteiger partial charge in [-0.1, -0.05) is 13.8 Å². The molecular weight excluding hydrogens is 252 g/mol. The molecule has 1 aliphatic heterocycles. The zero-order valence-corrected chi connectivity index (χ0v) is 12.8. The van der Waals surface area contributed by atoms with Crippen LogP contribution in [-0.4, -0.2) is 47.5 Å². The highest BCUT2D eigenvalue weighted by Crippen LogP contribution is 2.22. The van der Waals surface area contributed by atoms with Gasteiger partial charge in [0.2, 0.25) is 0 Å². The van der Waals surface area contributed by atoms with E-state index in [1.807, 2.05) is 18.9 Å². The molecule has 1 atom stereocenters. The molecule has 0 aliphatic carbocycles. The lowest BCUT2D eigenvalue weighted by molar-refractivity contribution is 0.0784. The molecular formula is C15H24N4O. The van der Waals surface area contributed by atoms with Crippen molar-refractivity contribution in [2.75, 3.05) is 26.7 Å². The molecule has 1 aliphatic rings. The van der Waals surface area contributed by atoms with Crippen LogP contribution in [0.4, 0.5) is 0 Å². The van der Waals surface area contributed by atoms with Crippen LogP contribution in [0.15, 0.2) is 6.20 Å². The Hall–Kier alpha value is -1.49. The maximum Gasteiger partial charge on any atom is 0.257 e. The Balaban J connectivity index is 2.18. The molecule has 1 aromatic heterocycles. The maximum absolute atomic E-state index is 12.7. The number of carbonyl (C=O) groups is 1. The highest BCUT2D eigenvalue weighted by atomic mass is 16.2. The summed E-state index contributed by atoms with van der Waals surface area (Å²) in [6.07, 6.45) is 2.75. The van der Waals surface area contributed by atoms with E-state index in [4.69, 9.17) is 0 Å². The summed E-state index contributed by atoms with van der Waals surface area (Å²) in [4.78, 5) is 23.2. The Labute approximate surface area is 120 Å². The molecule has 0 bridgehead atoms. The number of nitrogens with one attached hydrogen (secondary N) is 1. The average molecular weight is 276 g/mol. The first-order chi connectivity index (χ1) is 9.52. The topological polar surface area (TPSA) is 58.1 Å². The molecule has 1 fully saturated rings. The Morgan fingerprint density at radius 1 is 1.55 bits per heavy atom. The van der Waals surface area contributed by atoms with Gasteiger partial charge in [-0.25, -0.2) is 9.97 Å².